The molecule has 5 nitrogen and oxygen atoms in total. The van der Waals surface area contributed by atoms with Crippen LogP contribution in [0.3, 0.4) is 0 Å². The second-order valence-electron chi connectivity index (χ2n) is 3.73. The van der Waals surface area contributed by atoms with Crippen LogP contribution in [0.5, 0.6) is 0 Å². The lowest BCUT2D eigenvalue weighted by atomic mass is 10.3. The van der Waals surface area contributed by atoms with Gasteiger partial charge in [-0.15, -0.1) is 0 Å². The van der Waals surface area contributed by atoms with E-state index in [1.54, 1.807) is 5.12 Å². The largest absolute Gasteiger partial charge is 0.347 e. The monoisotopic (exact) mass is 240 g/mol. The smallest absolute Gasteiger partial charge is 0.332 e. The number of anilines is 1. The maximum Gasteiger partial charge on any atom is 0.332 e. The lowest BCUT2D eigenvalue weighted by Gasteiger charge is -2.12. The molecule has 0 spiro atoms. The van der Waals surface area contributed by atoms with E-state index in [4.69, 9.17) is 4.84 Å². The van der Waals surface area contributed by atoms with E-state index in [9.17, 15) is 0 Å². The van der Waals surface area contributed by atoms with Crippen molar-refractivity contribution in [2.75, 3.05) is 5.12 Å². The highest BCUT2D eigenvalue weighted by molar-refractivity contribution is 5.80. The molecule has 3 rings (SSSR count). The van der Waals surface area contributed by atoms with E-state index < -0.39 is 0 Å². The van der Waals surface area contributed by atoms with Crippen LogP contribution in [0.1, 0.15) is 0 Å². The number of hydrazine groups is 2. The van der Waals surface area contributed by atoms with Crippen molar-refractivity contribution in [1.29, 1.82) is 0 Å². The summed E-state index contributed by atoms with van der Waals surface area (Å²) in [7, 11) is 0. The SMILES string of the molecule is c1ccc(N=C2NN(c3ccccc3)NO2)cc1. The van der Waals surface area contributed by atoms with Gasteiger partial charge in [-0.3, -0.25) is 0 Å². The van der Waals surface area contributed by atoms with Crippen molar-refractivity contribution in [3.05, 3.63) is 60.7 Å². The van der Waals surface area contributed by atoms with Crippen LogP contribution in [0, 0.1) is 0 Å². The molecule has 2 N–H and O–H groups in total. The summed E-state index contributed by atoms with van der Waals surface area (Å²) in [6, 6.07) is 19.8. The van der Waals surface area contributed by atoms with Gasteiger partial charge in [0.1, 0.15) is 0 Å². The standard InChI is InChI=1S/C13H12N4O/c1-3-7-11(8-4-1)14-13-15-17(16-18-13)12-9-5-2-6-10-12/h1-10,16H,(H,14,15). The highest BCUT2D eigenvalue weighted by Crippen LogP contribution is 2.14. The molecule has 0 bridgehead atoms. The van der Waals surface area contributed by atoms with Crippen LogP contribution in [0.2, 0.25) is 0 Å². The van der Waals surface area contributed by atoms with E-state index in [-0.39, 0.29) is 0 Å². The molecule has 1 aliphatic heterocycles. The molecule has 1 fully saturated rings. The molecule has 0 aromatic heterocycles. The van der Waals surface area contributed by atoms with E-state index in [1.807, 2.05) is 60.7 Å². The number of para-hydroxylation sites is 2. The molecule has 1 saturated heterocycles. The van der Waals surface area contributed by atoms with Crippen LogP contribution in [0.4, 0.5) is 11.4 Å². The lowest BCUT2D eigenvalue weighted by molar-refractivity contribution is 0.209. The number of nitrogens with zero attached hydrogens (tertiary/aromatic N) is 2. The van der Waals surface area contributed by atoms with Gasteiger partial charge in [-0.25, -0.2) is 5.43 Å². The summed E-state index contributed by atoms with van der Waals surface area (Å²) >= 11 is 0. The van der Waals surface area contributed by atoms with Gasteiger partial charge in [0.05, 0.1) is 11.4 Å². The molecule has 0 radical (unpaired) electrons. The Morgan fingerprint density at radius 2 is 1.56 bits per heavy atom. The number of hydrogen-bond acceptors (Lipinski definition) is 4. The summed E-state index contributed by atoms with van der Waals surface area (Å²) in [5.74, 6) is 0. The van der Waals surface area contributed by atoms with Crippen molar-refractivity contribution in [1.82, 2.24) is 11.0 Å². The first-order valence-corrected chi connectivity index (χ1v) is 5.60. The summed E-state index contributed by atoms with van der Waals surface area (Å²) in [6.45, 7) is 0. The fourth-order valence-corrected chi connectivity index (χ4v) is 1.59. The summed E-state index contributed by atoms with van der Waals surface area (Å²) in [6.07, 6.45) is 0. The number of hydrogen-bond donors (Lipinski definition) is 2. The molecule has 18 heavy (non-hydrogen) atoms. The van der Waals surface area contributed by atoms with Gasteiger partial charge in [0.25, 0.3) is 0 Å². The number of nitrogens with one attached hydrogen (secondary N) is 2. The Morgan fingerprint density at radius 3 is 2.28 bits per heavy atom. The van der Waals surface area contributed by atoms with Crippen molar-refractivity contribution in [3.63, 3.8) is 0 Å². The third-order valence-electron chi connectivity index (χ3n) is 2.44. The number of benzene rings is 2. The van der Waals surface area contributed by atoms with Crippen molar-refractivity contribution >= 4 is 17.4 Å². The molecule has 0 atom stereocenters. The van der Waals surface area contributed by atoms with Gasteiger partial charge >= 0.3 is 6.02 Å². The van der Waals surface area contributed by atoms with Gasteiger partial charge in [-0.1, -0.05) is 36.4 Å². The Balaban J connectivity index is 1.74. The Bertz CT molecular complexity index is 541. The quantitative estimate of drug-likeness (QED) is 0.844. The summed E-state index contributed by atoms with van der Waals surface area (Å²) in [5, 5.41) is 1.65. The maximum absolute atomic E-state index is 5.24. The van der Waals surface area contributed by atoms with E-state index in [0.717, 1.165) is 11.4 Å². The molecule has 5 heteroatoms. The zero-order chi connectivity index (χ0) is 12.2. The molecular formula is C13H12N4O. The Kier molecular flexibility index (Phi) is 2.81. The normalized spacial score (nSPS) is 16.4. The number of amidine groups is 1. The van der Waals surface area contributed by atoms with Crippen molar-refractivity contribution < 1.29 is 4.84 Å². The Labute approximate surface area is 105 Å². The van der Waals surface area contributed by atoms with Gasteiger partial charge in [-0.2, -0.15) is 10.1 Å². The predicted molar refractivity (Wildman–Crippen MR) is 69.8 cm³/mol. The zero-order valence-corrected chi connectivity index (χ0v) is 9.58. The Morgan fingerprint density at radius 1 is 0.889 bits per heavy atom. The fourth-order valence-electron chi connectivity index (χ4n) is 1.59. The third-order valence-corrected chi connectivity index (χ3v) is 2.44. The average Bonchev–Trinajstić information content (AvgIpc) is 2.89. The molecule has 0 unspecified atom stereocenters. The molecule has 2 aromatic rings. The third kappa shape index (κ3) is 2.26. The van der Waals surface area contributed by atoms with Crippen molar-refractivity contribution in [2.45, 2.75) is 0 Å². The van der Waals surface area contributed by atoms with Crippen LogP contribution in [0.25, 0.3) is 0 Å². The van der Waals surface area contributed by atoms with Gasteiger partial charge in [0.15, 0.2) is 0 Å². The maximum atomic E-state index is 5.24. The van der Waals surface area contributed by atoms with Crippen LogP contribution < -0.4 is 16.1 Å². The molecule has 1 aliphatic rings. The molecule has 0 amide bonds. The number of aliphatic imine (C=N–C) groups is 1. The highest BCUT2D eigenvalue weighted by Gasteiger charge is 2.18. The van der Waals surface area contributed by atoms with Crippen molar-refractivity contribution in [2.24, 2.45) is 4.99 Å². The highest BCUT2D eigenvalue weighted by atomic mass is 16.7. The molecule has 2 aromatic carbocycles. The van der Waals surface area contributed by atoms with Gasteiger partial charge in [-0.05, 0) is 29.9 Å². The first-order valence-electron chi connectivity index (χ1n) is 5.60. The fraction of sp³-hybridized carbons (Fsp3) is 0. The minimum absolute atomic E-state index is 0.407. The molecule has 0 saturated carbocycles. The van der Waals surface area contributed by atoms with E-state index in [1.165, 1.54) is 0 Å². The van der Waals surface area contributed by atoms with Crippen LogP contribution in [0.15, 0.2) is 65.7 Å². The average molecular weight is 240 g/mol. The second kappa shape index (κ2) is 4.77. The zero-order valence-electron chi connectivity index (χ0n) is 9.58. The summed E-state index contributed by atoms with van der Waals surface area (Å²) in [4.78, 5) is 9.55. The van der Waals surface area contributed by atoms with E-state index in [2.05, 4.69) is 16.0 Å². The first-order chi connectivity index (χ1) is 8.92. The van der Waals surface area contributed by atoms with Crippen molar-refractivity contribution in [3.8, 4) is 0 Å². The second-order valence-corrected chi connectivity index (χ2v) is 3.73. The molecular weight excluding hydrogens is 228 g/mol. The summed E-state index contributed by atoms with van der Waals surface area (Å²) in [5.41, 5.74) is 7.51. The Hall–Kier alpha value is -2.53. The molecule has 0 aliphatic carbocycles. The predicted octanol–water partition coefficient (Wildman–Crippen LogP) is 2.14. The minimum Gasteiger partial charge on any atom is -0.347 e. The van der Waals surface area contributed by atoms with E-state index >= 15 is 0 Å². The molecule has 90 valence electrons. The molecule has 1 heterocycles. The lowest BCUT2D eigenvalue weighted by Crippen LogP contribution is -2.38. The van der Waals surface area contributed by atoms with Gasteiger partial charge in [0.2, 0.25) is 0 Å². The van der Waals surface area contributed by atoms with Gasteiger partial charge in [0, 0.05) is 0 Å². The van der Waals surface area contributed by atoms with Crippen LogP contribution >= 0.6 is 0 Å². The van der Waals surface area contributed by atoms with Gasteiger partial charge < -0.3 is 4.84 Å². The minimum atomic E-state index is 0.407. The summed E-state index contributed by atoms with van der Waals surface area (Å²) < 4.78 is 0. The number of rotatable bonds is 2. The first kappa shape index (κ1) is 10.6. The van der Waals surface area contributed by atoms with Crippen LogP contribution in [-0.4, -0.2) is 6.02 Å². The topological polar surface area (TPSA) is 48.9 Å². The van der Waals surface area contributed by atoms with Crippen LogP contribution in [-0.2, 0) is 4.84 Å². The van der Waals surface area contributed by atoms with E-state index in [0.29, 0.717) is 6.02 Å².